The first-order chi connectivity index (χ1) is 18.2. The first-order valence-corrected chi connectivity index (χ1v) is 20.4. The van der Waals surface area contributed by atoms with Gasteiger partial charge in [0.1, 0.15) is 0 Å². The third-order valence-electron chi connectivity index (χ3n) is 8.44. The molecule has 7 rings (SSSR count). The number of benzene rings is 5. The molecular weight excluding hydrogens is 571 g/mol. The van der Waals surface area contributed by atoms with Crippen LogP contribution in [-0.4, -0.2) is 0 Å². The van der Waals surface area contributed by atoms with Gasteiger partial charge in [0.2, 0.25) is 0 Å². The summed E-state index contributed by atoms with van der Waals surface area (Å²) in [5, 5.41) is 0. The van der Waals surface area contributed by atoms with E-state index in [0.717, 1.165) is 6.42 Å². The minimum absolute atomic E-state index is 0.117. The van der Waals surface area contributed by atoms with Crippen molar-refractivity contribution < 1.29 is 19.4 Å². The van der Waals surface area contributed by atoms with Crippen LogP contribution in [0.3, 0.4) is 0 Å². The molecule has 0 nitrogen and oxygen atoms in total. The van der Waals surface area contributed by atoms with Crippen molar-refractivity contribution in [2.45, 2.75) is 21.4 Å². The second-order valence-corrected chi connectivity index (χ2v) is 19.2. The molecule has 37 heavy (non-hydrogen) atoms. The normalized spacial score (nSPS) is 15.4. The van der Waals surface area contributed by atoms with Crippen LogP contribution in [0.15, 0.2) is 127 Å². The van der Waals surface area contributed by atoms with Crippen molar-refractivity contribution >= 4 is 17.0 Å². The molecule has 0 heterocycles. The number of hydrogen-bond donors (Lipinski definition) is 0. The predicted octanol–water partition coefficient (Wildman–Crippen LogP) is 9.82. The second-order valence-electron chi connectivity index (χ2n) is 10.1. The van der Waals surface area contributed by atoms with E-state index in [9.17, 15) is 0 Å². The molecule has 179 valence electrons. The van der Waals surface area contributed by atoms with E-state index in [-0.39, 0.29) is 15.0 Å². The summed E-state index contributed by atoms with van der Waals surface area (Å²) in [6.45, 7) is 0. The van der Waals surface area contributed by atoms with Gasteiger partial charge in [-0.25, -0.2) is 0 Å². The first kappa shape index (κ1) is 23.7. The minimum atomic E-state index is -3.08. The van der Waals surface area contributed by atoms with Gasteiger partial charge in [0.05, 0.1) is 0 Å². The van der Waals surface area contributed by atoms with Crippen molar-refractivity contribution in [3.8, 4) is 22.3 Å². The predicted molar refractivity (Wildman–Crippen MR) is 152 cm³/mol. The molecule has 0 amide bonds. The average molecular weight is 596 g/mol. The van der Waals surface area contributed by atoms with E-state index in [1.807, 2.05) is 0 Å². The van der Waals surface area contributed by atoms with Crippen LogP contribution in [-0.2, 0) is 22.5 Å². The van der Waals surface area contributed by atoms with Crippen molar-refractivity contribution in [2.24, 2.45) is 0 Å². The van der Waals surface area contributed by atoms with Crippen LogP contribution in [0, 0.1) is 0 Å². The number of rotatable bonds is 5. The fourth-order valence-electron chi connectivity index (χ4n) is 6.92. The van der Waals surface area contributed by atoms with E-state index in [1.54, 1.807) is 0 Å². The Bertz CT molecular complexity index is 1520. The summed E-state index contributed by atoms with van der Waals surface area (Å²) < 4.78 is -0.357. The van der Waals surface area contributed by atoms with E-state index < -0.39 is 19.4 Å². The molecule has 1 unspecified atom stereocenters. The molecule has 0 fully saturated rings. The molecule has 0 aromatic heterocycles. The SMILES string of the molecule is [Cl][Zr]([Cl])[C](CC1c2ccccc2-c2ccccc21)(c1ccccc1)C1c2ccccc2-c2ccccc21. The van der Waals surface area contributed by atoms with Crippen molar-refractivity contribution in [3.63, 3.8) is 0 Å². The Morgan fingerprint density at radius 3 is 1.32 bits per heavy atom. The fraction of sp³-hybridized carbons (Fsp3) is 0.118. The molecule has 0 spiro atoms. The molecule has 0 aliphatic heterocycles. The molecular formula is C34H25Cl2Zr. The van der Waals surface area contributed by atoms with E-state index in [0.29, 0.717) is 0 Å². The van der Waals surface area contributed by atoms with Gasteiger partial charge in [-0.3, -0.25) is 0 Å². The summed E-state index contributed by atoms with van der Waals surface area (Å²) in [5.74, 6) is 0.354. The zero-order chi connectivity index (χ0) is 25.0. The Kier molecular flexibility index (Phi) is 6.01. The summed E-state index contributed by atoms with van der Waals surface area (Å²) in [7, 11) is 14.9. The molecule has 5 aromatic carbocycles. The summed E-state index contributed by atoms with van der Waals surface area (Å²) in [6.07, 6.45) is 0.889. The van der Waals surface area contributed by atoms with Crippen molar-refractivity contribution in [1.82, 2.24) is 0 Å². The van der Waals surface area contributed by atoms with Gasteiger partial charge < -0.3 is 0 Å². The quantitative estimate of drug-likeness (QED) is 0.190. The number of halogens is 2. The molecule has 0 radical (unpaired) electrons. The van der Waals surface area contributed by atoms with Crippen LogP contribution < -0.4 is 0 Å². The van der Waals surface area contributed by atoms with Crippen LogP contribution in [0.25, 0.3) is 22.3 Å². The van der Waals surface area contributed by atoms with Gasteiger partial charge in [0, 0.05) is 0 Å². The third kappa shape index (κ3) is 3.59. The maximum atomic E-state index is 7.44. The summed E-state index contributed by atoms with van der Waals surface area (Å²) >= 11 is -3.08. The molecule has 2 aliphatic rings. The Morgan fingerprint density at radius 2 is 0.865 bits per heavy atom. The molecule has 0 saturated heterocycles. The van der Waals surface area contributed by atoms with E-state index in [2.05, 4.69) is 127 Å². The van der Waals surface area contributed by atoms with Gasteiger partial charge >= 0.3 is 235 Å². The van der Waals surface area contributed by atoms with Gasteiger partial charge in [-0.15, -0.1) is 0 Å². The van der Waals surface area contributed by atoms with Crippen LogP contribution in [0.5, 0.6) is 0 Å². The maximum absolute atomic E-state index is 7.44. The van der Waals surface area contributed by atoms with E-state index >= 15 is 0 Å². The molecule has 3 heteroatoms. The van der Waals surface area contributed by atoms with Crippen molar-refractivity contribution in [1.29, 1.82) is 0 Å². The molecule has 0 bridgehead atoms. The first-order valence-electron chi connectivity index (χ1n) is 12.8. The van der Waals surface area contributed by atoms with Crippen LogP contribution in [0.2, 0.25) is 0 Å². The van der Waals surface area contributed by atoms with Gasteiger partial charge in [-0.05, 0) is 0 Å². The Morgan fingerprint density at radius 1 is 0.486 bits per heavy atom. The monoisotopic (exact) mass is 593 g/mol. The van der Waals surface area contributed by atoms with Gasteiger partial charge in [-0.1, -0.05) is 0 Å². The van der Waals surface area contributed by atoms with Crippen LogP contribution in [0.4, 0.5) is 0 Å². The fourth-order valence-corrected chi connectivity index (χ4v) is 13.5. The summed E-state index contributed by atoms with van der Waals surface area (Å²) in [5.41, 5.74) is 12.1. The van der Waals surface area contributed by atoms with Crippen LogP contribution >= 0.6 is 17.0 Å². The zero-order valence-electron chi connectivity index (χ0n) is 20.2. The Hall–Kier alpha value is -2.44. The van der Waals surface area contributed by atoms with Crippen molar-refractivity contribution in [3.05, 3.63) is 155 Å². The standard InChI is InChI=1S/C34H25.2ClH.Zr/c1-2-12-23(13-3-1)32(34-30-20-10-8-16-26(30)27-17-9-11-21-31(27)34)22-33-28-18-6-4-14-24(28)25-15-5-7-19-29(25)33;;;/h1-21,33-34H,22H2;2*1H;/q;;;+2/p-2. The molecule has 0 N–H and O–H groups in total. The van der Waals surface area contributed by atoms with Gasteiger partial charge in [0.15, 0.2) is 0 Å². The average Bonchev–Trinajstić information content (AvgIpc) is 3.45. The molecule has 1 atom stereocenters. The summed E-state index contributed by atoms with van der Waals surface area (Å²) in [4.78, 5) is 0. The topological polar surface area (TPSA) is 0 Å². The number of hydrogen-bond acceptors (Lipinski definition) is 0. The zero-order valence-corrected chi connectivity index (χ0v) is 24.2. The number of fused-ring (bicyclic) bond motifs is 6. The Labute approximate surface area is 233 Å². The van der Waals surface area contributed by atoms with Gasteiger partial charge in [0.25, 0.3) is 0 Å². The van der Waals surface area contributed by atoms with E-state index in [1.165, 1.54) is 50.1 Å². The van der Waals surface area contributed by atoms with E-state index in [4.69, 9.17) is 17.0 Å². The molecule has 2 aliphatic carbocycles. The molecule has 5 aromatic rings. The van der Waals surface area contributed by atoms with Gasteiger partial charge in [-0.2, -0.15) is 0 Å². The van der Waals surface area contributed by atoms with Crippen LogP contribution in [0.1, 0.15) is 46.1 Å². The summed E-state index contributed by atoms with van der Waals surface area (Å²) in [6, 6.07) is 46.4. The Balaban J connectivity index is 1.51. The second kappa shape index (κ2) is 9.39. The third-order valence-corrected chi connectivity index (χ3v) is 16.0. The van der Waals surface area contributed by atoms with Crippen molar-refractivity contribution in [2.75, 3.05) is 0 Å². The molecule has 0 saturated carbocycles.